The zero-order valence-electron chi connectivity index (χ0n) is 32.1. The van der Waals surface area contributed by atoms with Crippen molar-refractivity contribution >= 4 is 87.5 Å². The summed E-state index contributed by atoms with van der Waals surface area (Å²) in [4.78, 5) is 0. The Morgan fingerprint density at radius 1 is 0.367 bits per heavy atom. The molecule has 0 unspecified atom stereocenters. The first-order chi connectivity index (χ1) is 29.7. The summed E-state index contributed by atoms with van der Waals surface area (Å²) in [6.07, 6.45) is 0. The van der Waals surface area contributed by atoms with Crippen molar-refractivity contribution in [1.82, 2.24) is 9.13 Å². The lowest BCUT2D eigenvalue weighted by Gasteiger charge is -2.16. The van der Waals surface area contributed by atoms with E-state index in [-0.39, 0.29) is 0 Å². The van der Waals surface area contributed by atoms with E-state index in [0.717, 1.165) is 121 Å². The van der Waals surface area contributed by atoms with E-state index in [4.69, 9.17) is 8.83 Å². The first-order valence-corrected chi connectivity index (χ1v) is 20.1. The lowest BCUT2D eigenvalue weighted by molar-refractivity contribution is 0.672. The smallest absolute Gasteiger partial charge is 0.145 e. The topological polar surface area (TPSA) is 59.9 Å². The highest BCUT2D eigenvalue weighted by Gasteiger charge is 2.22. The third kappa shape index (κ3) is 4.56. The van der Waals surface area contributed by atoms with Gasteiger partial charge in [0.05, 0.1) is 44.5 Å². The van der Waals surface area contributed by atoms with Crippen molar-refractivity contribution in [1.29, 1.82) is 5.26 Å². The molecule has 0 radical (unpaired) electrons. The highest BCUT2D eigenvalue weighted by atomic mass is 16.3. The van der Waals surface area contributed by atoms with Crippen LogP contribution in [0.1, 0.15) is 5.56 Å². The van der Waals surface area contributed by atoms with Crippen LogP contribution in [0, 0.1) is 11.3 Å². The number of hydrogen-bond donors (Lipinski definition) is 0. The van der Waals surface area contributed by atoms with Crippen LogP contribution < -0.4 is 0 Å². The molecule has 0 atom stereocenters. The fourth-order valence-corrected chi connectivity index (χ4v) is 9.73. The van der Waals surface area contributed by atoms with Crippen LogP contribution in [0.2, 0.25) is 0 Å². The molecule has 13 rings (SSSR count). The number of nitriles is 1. The van der Waals surface area contributed by atoms with Crippen LogP contribution in [0.4, 0.5) is 0 Å². The molecule has 5 heteroatoms. The van der Waals surface area contributed by atoms with Crippen molar-refractivity contribution in [3.8, 4) is 39.7 Å². The third-order valence-corrected chi connectivity index (χ3v) is 12.3. The maximum Gasteiger partial charge on any atom is 0.145 e. The number of aromatic nitrogens is 2. The standard InChI is InChI=1S/C55H31N3O2/c56-32-36-28-34(22-23-39(36)33-12-2-1-3-13-33)35-29-37(57-46-18-8-4-16-44(46)52-48(57)26-24-42-40-14-6-10-20-50(40)59-54(42)52)31-38(30-35)58-47-19-9-5-17-45(47)53-49(58)27-25-43-41-15-7-11-21-51(41)60-55(43)53/h1-31H. The molecule has 0 saturated heterocycles. The Labute approximate surface area is 342 Å². The molecule has 0 amide bonds. The Morgan fingerprint density at radius 2 is 0.867 bits per heavy atom. The molecule has 0 bridgehead atoms. The van der Waals surface area contributed by atoms with E-state index < -0.39 is 0 Å². The van der Waals surface area contributed by atoms with Gasteiger partial charge in [0, 0.05) is 43.7 Å². The lowest BCUT2D eigenvalue weighted by Crippen LogP contribution is -2.00. The van der Waals surface area contributed by atoms with Crippen LogP contribution in [0.25, 0.3) is 121 Å². The molecule has 4 heterocycles. The zero-order chi connectivity index (χ0) is 39.5. The van der Waals surface area contributed by atoms with Crippen molar-refractivity contribution in [2.75, 3.05) is 0 Å². The highest BCUT2D eigenvalue weighted by Crippen LogP contribution is 2.44. The Kier molecular flexibility index (Phi) is 6.73. The quantitative estimate of drug-likeness (QED) is 0.179. The van der Waals surface area contributed by atoms with Crippen molar-refractivity contribution in [2.45, 2.75) is 0 Å². The minimum absolute atomic E-state index is 0.624. The fourth-order valence-electron chi connectivity index (χ4n) is 9.73. The molecular weight excluding hydrogens is 735 g/mol. The summed E-state index contributed by atoms with van der Waals surface area (Å²) in [5.74, 6) is 0. The number of para-hydroxylation sites is 4. The summed E-state index contributed by atoms with van der Waals surface area (Å²) >= 11 is 0. The number of furan rings is 2. The largest absolute Gasteiger partial charge is 0.455 e. The molecule has 278 valence electrons. The van der Waals surface area contributed by atoms with Crippen molar-refractivity contribution in [2.24, 2.45) is 0 Å². The van der Waals surface area contributed by atoms with Crippen molar-refractivity contribution in [3.63, 3.8) is 0 Å². The van der Waals surface area contributed by atoms with Crippen LogP contribution in [0.3, 0.4) is 0 Å². The number of rotatable bonds is 4. The van der Waals surface area contributed by atoms with E-state index in [2.05, 4.69) is 155 Å². The van der Waals surface area contributed by atoms with E-state index in [1.54, 1.807) is 0 Å². The normalized spacial score (nSPS) is 12.0. The first kappa shape index (κ1) is 32.7. The van der Waals surface area contributed by atoms with E-state index in [9.17, 15) is 5.26 Å². The van der Waals surface area contributed by atoms with Gasteiger partial charge >= 0.3 is 0 Å². The Balaban J connectivity index is 1.13. The molecule has 13 aromatic rings. The molecule has 0 N–H and O–H groups in total. The summed E-state index contributed by atoms with van der Waals surface area (Å²) < 4.78 is 18.1. The van der Waals surface area contributed by atoms with Gasteiger partial charge in [-0.15, -0.1) is 0 Å². The van der Waals surface area contributed by atoms with E-state index in [1.165, 1.54) is 0 Å². The van der Waals surface area contributed by atoms with Gasteiger partial charge in [0.1, 0.15) is 22.3 Å². The molecule has 60 heavy (non-hydrogen) atoms. The molecule has 4 aromatic heterocycles. The molecule has 0 spiro atoms. The molecule has 9 aromatic carbocycles. The maximum atomic E-state index is 10.5. The molecule has 0 aliphatic rings. The highest BCUT2D eigenvalue weighted by molar-refractivity contribution is 6.25. The second kappa shape index (κ2) is 12.3. The number of hydrogen-bond acceptors (Lipinski definition) is 3. The van der Waals surface area contributed by atoms with Crippen molar-refractivity contribution < 1.29 is 8.83 Å². The van der Waals surface area contributed by atoms with E-state index in [1.807, 2.05) is 48.5 Å². The Bertz CT molecular complexity index is 3760. The van der Waals surface area contributed by atoms with Gasteiger partial charge in [-0.05, 0) is 95.1 Å². The summed E-state index contributed by atoms with van der Waals surface area (Å²) in [7, 11) is 0. The molecular formula is C55H31N3O2. The first-order valence-electron chi connectivity index (χ1n) is 20.1. The van der Waals surface area contributed by atoms with E-state index >= 15 is 0 Å². The van der Waals surface area contributed by atoms with Gasteiger partial charge in [-0.25, -0.2) is 0 Å². The number of fused-ring (bicyclic) bond motifs is 14. The van der Waals surface area contributed by atoms with Crippen LogP contribution in [0.15, 0.2) is 197 Å². The zero-order valence-corrected chi connectivity index (χ0v) is 32.1. The van der Waals surface area contributed by atoms with Crippen molar-refractivity contribution in [3.05, 3.63) is 194 Å². The molecule has 0 aliphatic carbocycles. The van der Waals surface area contributed by atoms with Gasteiger partial charge in [0.15, 0.2) is 0 Å². The summed E-state index contributed by atoms with van der Waals surface area (Å²) in [5.41, 5.74) is 14.2. The van der Waals surface area contributed by atoms with Gasteiger partial charge in [-0.2, -0.15) is 5.26 Å². The number of nitrogens with zero attached hydrogens (tertiary/aromatic N) is 3. The molecule has 0 fully saturated rings. The minimum Gasteiger partial charge on any atom is -0.455 e. The second-order valence-electron chi connectivity index (χ2n) is 15.6. The molecule has 0 aliphatic heterocycles. The SMILES string of the molecule is N#Cc1cc(-c2cc(-n3c4ccccc4c4c5oc6ccccc6c5ccc43)cc(-n3c4ccccc4c4c5oc6ccccc6c5ccc43)c2)ccc1-c1ccccc1. The average molecular weight is 766 g/mol. The van der Waals surface area contributed by atoms with Crippen LogP contribution in [0.5, 0.6) is 0 Å². The monoisotopic (exact) mass is 765 g/mol. The molecule has 5 nitrogen and oxygen atoms in total. The second-order valence-corrected chi connectivity index (χ2v) is 15.6. The third-order valence-electron chi connectivity index (χ3n) is 12.3. The van der Waals surface area contributed by atoms with Gasteiger partial charge in [0.25, 0.3) is 0 Å². The van der Waals surface area contributed by atoms with Gasteiger partial charge in [-0.3, -0.25) is 0 Å². The van der Waals surface area contributed by atoms with Crippen LogP contribution in [-0.2, 0) is 0 Å². The summed E-state index contributed by atoms with van der Waals surface area (Å²) in [6.45, 7) is 0. The van der Waals surface area contributed by atoms with Gasteiger partial charge in [-0.1, -0.05) is 115 Å². The summed E-state index contributed by atoms with van der Waals surface area (Å²) in [6, 6.07) is 68.2. The Hall–Kier alpha value is -8.33. The van der Waals surface area contributed by atoms with E-state index in [0.29, 0.717) is 5.56 Å². The minimum atomic E-state index is 0.624. The lowest BCUT2D eigenvalue weighted by atomic mass is 9.95. The average Bonchev–Trinajstić information content (AvgIpc) is 4.06. The van der Waals surface area contributed by atoms with Gasteiger partial charge in [0.2, 0.25) is 0 Å². The number of benzene rings is 9. The summed E-state index contributed by atoms with van der Waals surface area (Å²) in [5, 5.41) is 19.3. The van der Waals surface area contributed by atoms with Crippen LogP contribution >= 0.6 is 0 Å². The molecule has 0 saturated carbocycles. The van der Waals surface area contributed by atoms with Crippen LogP contribution in [-0.4, -0.2) is 9.13 Å². The maximum absolute atomic E-state index is 10.5. The fraction of sp³-hybridized carbons (Fsp3) is 0. The Morgan fingerprint density at radius 3 is 1.42 bits per heavy atom. The predicted molar refractivity (Wildman–Crippen MR) is 245 cm³/mol. The predicted octanol–water partition coefficient (Wildman–Crippen LogP) is 14.9. The van der Waals surface area contributed by atoms with Gasteiger partial charge < -0.3 is 18.0 Å².